The minimum Gasteiger partial charge on any atom is -0.494 e. The number of nitrogen functional groups attached to an aromatic ring is 1. The number of ether oxygens (including phenoxy) is 2. The smallest absolute Gasteiger partial charge is 0.143 e. The van der Waals surface area contributed by atoms with Gasteiger partial charge in [0.25, 0.3) is 0 Å². The standard InChI is InChI=1S/C16H15ClFNO2/c1-3-20-10(2)16-14(19)8-12(18)9-15(16)21-13-6-4-11(17)5-7-13/h4-9H,2-3,19H2,1H3. The van der Waals surface area contributed by atoms with E-state index in [-0.39, 0.29) is 11.4 Å². The summed E-state index contributed by atoms with van der Waals surface area (Å²) in [7, 11) is 0. The fourth-order valence-electron chi connectivity index (χ4n) is 1.86. The summed E-state index contributed by atoms with van der Waals surface area (Å²) in [6.07, 6.45) is 0. The minimum absolute atomic E-state index is 0.206. The number of nitrogens with two attached hydrogens (primary N) is 1. The molecule has 110 valence electrons. The minimum atomic E-state index is -0.496. The zero-order valence-electron chi connectivity index (χ0n) is 11.5. The van der Waals surface area contributed by atoms with E-state index in [0.717, 1.165) is 0 Å². The van der Waals surface area contributed by atoms with Gasteiger partial charge < -0.3 is 15.2 Å². The summed E-state index contributed by atoms with van der Waals surface area (Å²) >= 11 is 5.82. The van der Waals surface area contributed by atoms with Crippen LogP contribution in [0.5, 0.6) is 11.5 Å². The van der Waals surface area contributed by atoms with Crippen LogP contribution in [0.4, 0.5) is 10.1 Å². The normalized spacial score (nSPS) is 10.2. The molecule has 21 heavy (non-hydrogen) atoms. The van der Waals surface area contributed by atoms with Crippen LogP contribution in [-0.4, -0.2) is 6.61 Å². The second kappa shape index (κ2) is 6.50. The molecule has 0 aliphatic carbocycles. The third kappa shape index (κ3) is 3.67. The van der Waals surface area contributed by atoms with Crippen molar-refractivity contribution in [1.29, 1.82) is 0 Å². The second-order valence-electron chi connectivity index (χ2n) is 4.28. The Balaban J connectivity index is 2.41. The topological polar surface area (TPSA) is 44.5 Å². The highest BCUT2D eigenvalue weighted by molar-refractivity contribution is 6.30. The predicted octanol–water partition coefficient (Wildman–Crippen LogP) is 4.86. The summed E-state index contributed by atoms with van der Waals surface area (Å²) < 4.78 is 24.6. The maximum atomic E-state index is 13.6. The Bertz CT molecular complexity index is 656. The van der Waals surface area contributed by atoms with Crippen LogP contribution in [0.15, 0.2) is 43.0 Å². The van der Waals surface area contributed by atoms with Crippen molar-refractivity contribution in [2.24, 2.45) is 0 Å². The Morgan fingerprint density at radius 2 is 1.95 bits per heavy atom. The number of hydrogen-bond donors (Lipinski definition) is 1. The summed E-state index contributed by atoms with van der Waals surface area (Å²) in [4.78, 5) is 0. The van der Waals surface area contributed by atoms with E-state index < -0.39 is 5.82 Å². The molecular weight excluding hydrogens is 293 g/mol. The molecule has 2 aromatic carbocycles. The Kier molecular flexibility index (Phi) is 4.70. The van der Waals surface area contributed by atoms with E-state index in [2.05, 4.69) is 6.58 Å². The first-order chi connectivity index (χ1) is 10.0. The molecule has 0 aliphatic rings. The second-order valence-corrected chi connectivity index (χ2v) is 4.72. The Labute approximate surface area is 127 Å². The van der Waals surface area contributed by atoms with Crippen LogP contribution in [0.2, 0.25) is 5.02 Å². The molecule has 0 atom stereocenters. The van der Waals surface area contributed by atoms with Crippen molar-refractivity contribution in [1.82, 2.24) is 0 Å². The Morgan fingerprint density at radius 1 is 1.29 bits per heavy atom. The van der Waals surface area contributed by atoms with Crippen molar-refractivity contribution in [3.05, 3.63) is 59.4 Å². The predicted molar refractivity (Wildman–Crippen MR) is 83.0 cm³/mol. The molecule has 0 saturated carbocycles. The van der Waals surface area contributed by atoms with Crippen molar-refractivity contribution in [2.45, 2.75) is 6.92 Å². The van der Waals surface area contributed by atoms with Gasteiger partial charge in [-0.2, -0.15) is 0 Å². The SMILES string of the molecule is C=C(OCC)c1c(N)cc(F)cc1Oc1ccc(Cl)cc1. The summed E-state index contributed by atoms with van der Waals surface area (Å²) in [6.45, 7) is 6.05. The van der Waals surface area contributed by atoms with Crippen molar-refractivity contribution < 1.29 is 13.9 Å². The van der Waals surface area contributed by atoms with Crippen molar-refractivity contribution in [2.75, 3.05) is 12.3 Å². The molecule has 0 spiro atoms. The van der Waals surface area contributed by atoms with E-state index in [0.29, 0.717) is 28.7 Å². The lowest BCUT2D eigenvalue weighted by atomic mass is 10.1. The molecule has 0 heterocycles. The van der Waals surface area contributed by atoms with Gasteiger partial charge in [-0.15, -0.1) is 0 Å². The largest absolute Gasteiger partial charge is 0.494 e. The fraction of sp³-hybridized carbons (Fsp3) is 0.125. The van der Waals surface area contributed by atoms with Gasteiger partial charge in [0.1, 0.15) is 23.1 Å². The molecule has 3 nitrogen and oxygen atoms in total. The van der Waals surface area contributed by atoms with Crippen LogP contribution in [0, 0.1) is 5.82 Å². The van der Waals surface area contributed by atoms with E-state index in [1.807, 2.05) is 6.92 Å². The first kappa shape index (κ1) is 15.2. The average Bonchev–Trinajstić information content (AvgIpc) is 2.41. The first-order valence-electron chi connectivity index (χ1n) is 6.35. The van der Waals surface area contributed by atoms with Crippen molar-refractivity contribution in [3.63, 3.8) is 0 Å². The van der Waals surface area contributed by atoms with Crippen LogP contribution in [0.3, 0.4) is 0 Å². The molecule has 2 N–H and O–H groups in total. The lowest BCUT2D eigenvalue weighted by Crippen LogP contribution is -2.01. The molecule has 0 radical (unpaired) electrons. The Hall–Kier alpha value is -2.20. The Morgan fingerprint density at radius 3 is 2.57 bits per heavy atom. The molecule has 0 aliphatic heterocycles. The maximum Gasteiger partial charge on any atom is 0.143 e. The average molecular weight is 308 g/mol. The quantitative estimate of drug-likeness (QED) is 0.633. The van der Waals surface area contributed by atoms with Crippen LogP contribution < -0.4 is 10.5 Å². The summed E-state index contributed by atoms with van der Waals surface area (Å²) in [6, 6.07) is 9.15. The van der Waals surface area contributed by atoms with Crippen LogP contribution in [0.25, 0.3) is 5.76 Å². The number of hydrogen-bond acceptors (Lipinski definition) is 3. The highest BCUT2D eigenvalue weighted by Gasteiger charge is 2.15. The third-order valence-electron chi connectivity index (χ3n) is 2.74. The van der Waals surface area contributed by atoms with Gasteiger partial charge >= 0.3 is 0 Å². The zero-order chi connectivity index (χ0) is 15.4. The summed E-state index contributed by atoms with van der Waals surface area (Å²) in [5.41, 5.74) is 6.49. The molecule has 0 bridgehead atoms. The molecule has 0 fully saturated rings. The van der Waals surface area contributed by atoms with Gasteiger partial charge in [-0.3, -0.25) is 0 Å². The number of rotatable bonds is 5. The van der Waals surface area contributed by atoms with Gasteiger partial charge in [0, 0.05) is 16.8 Å². The molecule has 0 unspecified atom stereocenters. The highest BCUT2D eigenvalue weighted by atomic mass is 35.5. The van der Waals surface area contributed by atoms with Gasteiger partial charge in [0.15, 0.2) is 0 Å². The molecule has 2 rings (SSSR count). The van der Waals surface area contributed by atoms with Crippen LogP contribution in [0.1, 0.15) is 12.5 Å². The summed E-state index contributed by atoms with van der Waals surface area (Å²) in [5, 5.41) is 0.583. The number of anilines is 1. The first-order valence-corrected chi connectivity index (χ1v) is 6.73. The van der Waals surface area contributed by atoms with E-state index in [9.17, 15) is 4.39 Å². The van der Waals surface area contributed by atoms with Gasteiger partial charge in [-0.25, -0.2) is 4.39 Å². The molecular formula is C16H15ClFNO2. The van der Waals surface area contributed by atoms with Gasteiger partial charge in [-0.1, -0.05) is 18.2 Å². The van der Waals surface area contributed by atoms with E-state index >= 15 is 0 Å². The fourth-order valence-corrected chi connectivity index (χ4v) is 1.98. The maximum absolute atomic E-state index is 13.6. The van der Waals surface area contributed by atoms with Gasteiger partial charge in [-0.05, 0) is 37.3 Å². The van der Waals surface area contributed by atoms with Crippen molar-refractivity contribution >= 4 is 23.0 Å². The number of halogens is 2. The van der Waals surface area contributed by atoms with Crippen LogP contribution >= 0.6 is 11.6 Å². The van der Waals surface area contributed by atoms with Crippen LogP contribution in [-0.2, 0) is 4.74 Å². The number of benzene rings is 2. The monoisotopic (exact) mass is 307 g/mol. The molecule has 0 amide bonds. The lowest BCUT2D eigenvalue weighted by molar-refractivity contribution is 0.297. The zero-order valence-corrected chi connectivity index (χ0v) is 12.3. The summed E-state index contributed by atoms with van der Waals surface area (Å²) in [5.74, 6) is 0.590. The van der Waals surface area contributed by atoms with Gasteiger partial charge in [0.05, 0.1) is 12.2 Å². The van der Waals surface area contributed by atoms with E-state index in [4.69, 9.17) is 26.8 Å². The van der Waals surface area contributed by atoms with E-state index in [1.54, 1.807) is 24.3 Å². The lowest BCUT2D eigenvalue weighted by Gasteiger charge is -2.15. The van der Waals surface area contributed by atoms with E-state index in [1.165, 1.54) is 12.1 Å². The third-order valence-corrected chi connectivity index (χ3v) is 2.99. The molecule has 0 saturated heterocycles. The highest BCUT2D eigenvalue weighted by Crippen LogP contribution is 2.35. The molecule has 2 aromatic rings. The van der Waals surface area contributed by atoms with Crippen molar-refractivity contribution in [3.8, 4) is 11.5 Å². The molecule has 0 aromatic heterocycles. The van der Waals surface area contributed by atoms with Gasteiger partial charge in [0.2, 0.25) is 0 Å². The molecule has 5 heteroatoms.